The van der Waals surface area contributed by atoms with Crippen LogP contribution in [0.5, 0.6) is 0 Å². The Morgan fingerprint density at radius 2 is 2.39 bits per heavy atom. The van der Waals surface area contributed by atoms with Gasteiger partial charge in [0.2, 0.25) is 0 Å². The minimum atomic E-state index is -0.0555. The number of nitrogens with zero attached hydrogens (tertiary/aromatic N) is 2. The number of aryl methyl sites for hydroxylation is 1. The molecule has 1 fully saturated rings. The van der Waals surface area contributed by atoms with Gasteiger partial charge in [-0.1, -0.05) is 5.16 Å². The zero-order valence-corrected chi connectivity index (χ0v) is 10.3. The summed E-state index contributed by atoms with van der Waals surface area (Å²) >= 11 is 0. The van der Waals surface area contributed by atoms with Gasteiger partial charge in [-0.25, -0.2) is 0 Å². The molecule has 6 heteroatoms. The van der Waals surface area contributed by atoms with Crippen LogP contribution in [0.15, 0.2) is 21.9 Å². The van der Waals surface area contributed by atoms with E-state index < -0.39 is 0 Å². The number of carbonyl (C=O) groups is 1. The van der Waals surface area contributed by atoms with E-state index in [1.54, 1.807) is 17.9 Å². The Morgan fingerprint density at radius 1 is 1.67 bits per heavy atom. The van der Waals surface area contributed by atoms with E-state index in [-0.39, 0.29) is 17.8 Å². The highest BCUT2D eigenvalue weighted by Crippen LogP contribution is 2.28. The standard InChI is InChI=1S/C12H17N3O3/c1-8-6-9(7-18-8)12(16)15(10-2-3-10)5-4-11(13)14-17/h6-7,10,17H,2-5H2,1H3,(H2,13,14). The molecule has 6 nitrogen and oxygen atoms in total. The molecule has 0 atom stereocenters. The summed E-state index contributed by atoms with van der Waals surface area (Å²) in [6.07, 6.45) is 3.86. The normalized spacial score (nSPS) is 15.7. The van der Waals surface area contributed by atoms with Crippen LogP contribution in [0.1, 0.15) is 35.4 Å². The van der Waals surface area contributed by atoms with Gasteiger partial charge in [0.1, 0.15) is 17.9 Å². The summed E-state index contributed by atoms with van der Waals surface area (Å²) < 4.78 is 5.15. The number of rotatable bonds is 5. The van der Waals surface area contributed by atoms with Crippen LogP contribution >= 0.6 is 0 Å². The second-order valence-corrected chi connectivity index (χ2v) is 4.52. The van der Waals surface area contributed by atoms with Crippen LogP contribution in [-0.2, 0) is 0 Å². The highest BCUT2D eigenvalue weighted by molar-refractivity contribution is 5.94. The highest BCUT2D eigenvalue weighted by atomic mass is 16.4. The van der Waals surface area contributed by atoms with Crippen molar-refractivity contribution in [1.82, 2.24) is 4.90 Å². The lowest BCUT2D eigenvalue weighted by Gasteiger charge is -2.21. The summed E-state index contributed by atoms with van der Waals surface area (Å²) in [5.74, 6) is 0.794. The molecule has 1 aromatic rings. The summed E-state index contributed by atoms with van der Waals surface area (Å²) in [5, 5.41) is 11.4. The second kappa shape index (κ2) is 5.12. The molecular formula is C12H17N3O3. The summed E-state index contributed by atoms with van der Waals surface area (Å²) in [4.78, 5) is 14.0. The zero-order chi connectivity index (χ0) is 13.1. The molecule has 1 saturated carbocycles. The first-order valence-corrected chi connectivity index (χ1v) is 5.94. The summed E-state index contributed by atoms with van der Waals surface area (Å²) in [5.41, 5.74) is 5.98. The van der Waals surface area contributed by atoms with Crippen molar-refractivity contribution in [3.05, 3.63) is 23.7 Å². The molecule has 0 aliphatic heterocycles. The molecule has 0 spiro atoms. The molecule has 1 aliphatic carbocycles. The average molecular weight is 251 g/mol. The topological polar surface area (TPSA) is 92.1 Å². The molecule has 1 aromatic heterocycles. The lowest BCUT2D eigenvalue weighted by Crippen LogP contribution is -2.35. The quantitative estimate of drug-likeness (QED) is 0.357. The third-order valence-corrected chi connectivity index (χ3v) is 2.96. The fourth-order valence-electron chi connectivity index (χ4n) is 1.84. The van der Waals surface area contributed by atoms with E-state index in [4.69, 9.17) is 15.4 Å². The Kier molecular flexibility index (Phi) is 3.55. The van der Waals surface area contributed by atoms with Crippen LogP contribution in [0.25, 0.3) is 0 Å². The summed E-state index contributed by atoms with van der Waals surface area (Å²) in [6.45, 7) is 2.26. The monoisotopic (exact) mass is 251 g/mol. The van der Waals surface area contributed by atoms with Gasteiger partial charge >= 0.3 is 0 Å². The van der Waals surface area contributed by atoms with Crippen molar-refractivity contribution in [2.45, 2.75) is 32.2 Å². The largest absolute Gasteiger partial charge is 0.469 e. The molecule has 2 rings (SSSR count). The Hall–Kier alpha value is -1.98. The fourth-order valence-corrected chi connectivity index (χ4v) is 1.84. The highest BCUT2D eigenvalue weighted by Gasteiger charge is 2.33. The Labute approximate surface area is 105 Å². The van der Waals surface area contributed by atoms with Gasteiger partial charge in [-0.05, 0) is 25.8 Å². The number of hydrogen-bond acceptors (Lipinski definition) is 4. The molecule has 18 heavy (non-hydrogen) atoms. The lowest BCUT2D eigenvalue weighted by atomic mass is 10.2. The van der Waals surface area contributed by atoms with E-state index in [1.165, 1.54) is 6.26 Å². The SMILES string of the molecule is Cc1cc(C(=O)N(CCC(N)=NO)C2CC2)co1. The third-order valence-electron chi connectivity index (χ3n) is 2.96. The van der Waals surface area contributed by atoms with Crippen LogP contribution in [0.2, 0.25) is 0 Å². The molecule has 0 bridgehead atoms. The number of carbonyl (C=O) groups excluding carboxylic acids is 1. The van der Waals surface area contributed by atoms with Gasteiger partial charge in [0.15, 0.2) is 0 Å². The minimum Gasteiger partial charge on any atom is -0.469 e. The van der Waals surface area contributed by atoms with E-state index >= 15 is 0 Å². The second-order valence-electron chi connectivity index (χ2n) is 4.52. The minimum absolute atomic E-state index is 0.0555. The van der Waals surface area contributed by atoms with Gasteiger partial charge in [0.25, 0.3) is 5.91 Å². The van der Waals surface area contributed by atoms with Gasteiger partial charge in [-0.3, -0.25) is 4.79 Å². The summed E-state index contributed by atoms with van der Waals surface area (Å²) in [6, 6.07) is 2.00. The van der Waals surface area contributed by atoms with Crippen molar-refractivity contribution in [3.63, 3.8) is 0 Å². The molecule has 1 aliphatic rings. The molecule has 0 radical (unpaired) electrons. The van der Waals surface area contributed by atoms with E-state index in [1.807, 2.05) is 0 Å². The Bertz CT molecular complexity index is 463. The molecule has 0 unspecified atom stereocenters. The maximum Gasteiger partial charge on any atom is 0.257 e. The van der Waals surface area contributed by atoms with Crippen LogP contribution in [-0.4, -0.2) is 34.4 Å². The predicted octanol–water partition coefficient (Wildman–Crippen LogP) is 1.33. The molecule has 0 aromatic carbocycles. The van der Waals surface area contributed by atoms with Gasteiger partial charge in [-0.15, -0.1) is 0 Å². The first kappa shape index (κ1) is 12.5. The van der Waals surface area contributed by atoms with Crippen molar-refractivity contribution < 1.29 is 14.4 Å². The maximum atomic E-state index is 12.3. The molecule has 1 amide bonds. The molecule has 3 N–H and O–H groups in total. The van der Waals surface area contributed by atoms with E-state index in [9.17, 15) is 4.79 Å². The van der Waals surface area contributed by atoms with Crippen molar-refractivity contribution in [2.24, 2.45) is 10.9 Å². The number of nitrogens with two attached hydrogens (primary N) is 1. The predicted molar refractivity (Wildman–Crippen MR) is 65.5 cm³/mol. The first-order chi connectivity index (χ1) is 8.61. The number of amides is 1. The van der Waals surface area contributed by atoms with Crippen LogP contribution in [0.3, 0.4) is 0 Å². The van der Waals surface area contributed by atoms with Crippen molar-refractivity contribution in [2.75, 3.05) is 6.54 Å². The number of amidine groups is 1. The Morgan fingerprint density at radius 3 is 2.89 bits per heavy atom. The maximum absolute atomic E-state index is 12.3. The summed E-state index contributed by atoms with van der Waals surface area (Å²) in [7, 11) is 0. The van der Waals surface area contributed by atoms with Crippen molar-refractivity contribution >= 4 is 11.7 Å². The average Bonchev–Trinajstić information content (AvgIpc) is 3.10. The Balaban J connectivity index is 2.03. The van der Waals surface area contributed by atoms with Crippen LogP contribution < -0.4 is 5.73 Å². The van der Waals surface area contributed by atoms with Gasteiger partial charge in [-0.2, -0.15) is 0 Å². The third kappa shape index (κ3) is 2.82. The van der Waals surface area contributed by atoms with E-state index in [2.05, 4.69) is 5.16 Å². The van der Waals surface area contributed by atoms with Crippen LogP contribution in [0.4, 0.5) is 0 Å². The smallest absolute Gasteiger partial charge is 0.257 e. The molecule has 0 saturated heterocycles. The molecule has 1 heterocycles. The number of furan rings is 1. The van der Waals surface area contributed by atoms with E-state index in [0.29, 0.717) is 24.3 Å². The first-order valence-electron chi connectivity index (χ1n) is 5.94. The number of hydrogen-bond donors (Lipinski definition) is 2. The van der Waals surface area contributed by atoms with Gasteiger partial charge in [0, 0.05) is 19.0 Å². The molecule has 98 valence electrons. The zero-order valence-electron chi connectivity index (χ0n) is 10.3. The fraction of sp³-hybridized carbons (Fsp3) is 0.500. The molecular weight excluding hydrogens is 234 g/mol. The van der Waals surface area contributed by atoms with Gasteiger partial charge in [0.05, 0.1) is 5.56 Å². The van der Waals surface area contributed by atoms with Crippen molar-refractivity contribution in [3.8, 4) is 0 Å². The number of oxime groups is 1. The lowest BCUT2D eigenvalue weighted by molar-refractivity contribution is 0.0746. The van der Waals surface area contributed by atoms with Gasteiger partial charge < -0.3 is 20.3 Å². The van der Waals surface area contributed by atoms with E-state index in [0.717, 1.165) is 12.8 Å². The van der Waals surface area contributed by atoms with Crippen LogP contribution in [0, 0.1) is 6.92 Å². The van der Waals surface area contributed by atoms with Crippen molar-refractivity contribution in [1.29, 1.82) is 0 Å².